The second-order valence-electron chi connectivity index (χ2n) is 2.39. The molecule has 1 rings (SSSR count). The summed E-state index contributed by atoms with van der Waals surface area (Å²) in [7, 11) is 0. The van der Waals surface area contributed by atoms with Crippen LogP contribution in [0.5, 0.6) is 0 Å². The highest BCUT2D eigenvalue weighted by molar-refractivity contribution is 5.66. The summed E-state index contributed by atoms with van der Waals surface area (Å²) < 4.78 is 0. The van der Waals surface area contributed by atoms with Gasteiger partial charge in [0.1, 0.15) is 0 Å². The first-order chi connectivity index (χ1) is 4.88. The van der Waals surface area contributed by atoms with Crippen LogP contribution in [-0.4, -0.2) is 12.6 Å². The first kappa shape index (κ1) is 7.19. The van der Waals surface area contributed by atoms with Crippen molar-refractivity contribution in [3.63, 3.8) is 0 Å². The van der Waals surface area contributed by atoms with Crippen LogP contribution in [0.4, 0.5) is 0 Å². The van der Waals surface area contributed by atoms with Crippen LogP contribution >= 0.6 is 0 Å². The van der Waals surface area contributed by atoms with Gasteiger partial charge in [-0.1, -0.05) is 12.2 Å². The lowest BCUT2D eigenvalue weighted by Crippen LogP contribution is -2.18. The maximum atomic E-state index is 10.2. The maximum absolute atomic E-state index is 10.2. The average molecular weight is 136 g/mol. The van der Waals surface area contributed by atoms with Gasteiger partial charge in [0.25, 0.3) is 0 Å². The predicted octanol–water partition coefficient (Wildman–Crippen LogP) is 0.788. The molecular formula is C8H8O2. The summed E-state index contributed by atoms with van der Waals surface area (Å²) in [5, 5.41) is 0. The molecule has 2 radical (unpaired) electrons. The van der Waals surface area contributed by atoms with Gasteiger partial charge in [-0.25, -0.2) is 0 Å². The Hall–Kier alpha value is -0.920. The number of hydrogen-bond donors (Lipinski definition) is 0. The van der Waals surface area contributed by atoms with E-state index in [2.05, 4.69) is 0 Å². The number of hydrogen-bond acceptors (Lipinski definition) is 2. The Balaban J connectivity index is 2.61. The fourth-order valence-corrected chi connectivity index (χ4v) is 1.07. The molecule has 0 saturated carbocycles. The van der Waals surface area contributed by atoms with E-state index in [1.54, 1.807) is 0 Å². The molecule has 2 nitrogen and oxygen atoms in total. The van der Waals surface area contributed by atoms with Crippen molar-refractivity contribution in [1.82, 2.24) is 0 Å². The summed E-state index contributed by atoms with van der Waals surface area (Å²) in [5.41, 5.74) is 0. The monoisotopic (exact) mass is 136 g/mol. The van der Waals surface area contributed by atoms with Gasteiger partial charge in [-0.2, -0.15) is 0 Å². The first-order valence-corrected chi connectivity index (χ1v) is 3.29. The zero-order valence-electron chi connectivity index (χ0n) is 5.54. The van der Waals surface area contributed by atoms with Crippen LogP contribution in [0.15, 0.2) is 12.2 Å². The third kappa shape index (κ3) is 1.32. The minimum Gasteiger partial charge on any atom is -0.291 e. The Labute approximate surface area is 59.9 Å². The van der Waals surface area contributed by atoms with Gasteiger partial charge in [0, 0.05) is 11.8 Å². The second kappa shape index (κ2) is 3.30. The van der Waals surface area contributed by atoms with Gasteiger partial charge < -0.3 is 0 Å². The zero-order chi connectivity index (χ0) is 7.40. The molecule has 10 heavy (non-hydrogen) atoms. The first-order valence-electron chi connectivity index (χ1n) is 3.29. The molecule has 0 amide bonds. The minimum absolute atomic E-state index is 0.248. The van der Waals surface area contributed by atoms with Gasteiger partial charge in [-0.05, 0) is 12.8 Å². The highest BCUT2D eigenvalue weighted by Crippen LogP contribution is 2.21. The third-order valence-electron chi connectivity index (χ3n) is 1.74. The lowest BCUT2D eigenvalue weighted by Gasteiger charge is -2.15. The number of carbonyl (C=O) groups excluding carboxylic acids is 2. The van der Waals surface area contributed by atoms with Gasteiger partial charge in [-0.15, -0.1) is 0 Å². The molecule has 0 aromatic heterocycles. The maximum Gasteiger partial charge on any atom is 0.202 e. The van der Waals surface area contributed by atoms with Gasteiger partial charge in [0.05, 0.1) is 0 Å². The van der Waals surface area contributed by atoms with Crippen molar-refractivity contribution < 1.29 is 9.59 Å². The van der Waals surface area contributed by atoms with E-state index in [0.717, 1.165) is 0 Å². The van der Waals surface area contributed by atoms with Crippen molar-refractivity contribution in [2.75, 3.05) is 0 Å². The molecule has 0 unspecified atom stereocenters. The molecule has 2 atom stereocenters. The standard InChI is InChI=1S/C8H8O2/c9-5-7-3-1-2-4-8(7)6-10/h1-2,7-8H,3-4H2/t7-,8-/m1/s1. The van der Waals surface area contributed by atoms with Crippen molar-refractivity contribution in [3.05, 3.63) is 12.2 Å². The lowest BCUT2D eigenvalue weighted by atomic mass is 9.85. The predicted molar refractivity (Wildman–Crippen MR) is 36.7 cm³/mol. The quantitative estimate of drug-likeness (QED) is 0.526. The van der Waals surface area contributed by atoms with Crippen LogP contribution in [0.1, 0.15) is 12.8 Å². The van der Waals surface area contributed by atoms with Crippen molar-refractivity contribution in [1.29, 1.82) is 0 Å². The highest BCUT2D eigenvalue weighted by Gasteiger charge is 2.22. The van der Waals surface area contributed by atoms with E-state index in [1.165, 1.54) is 0 Å². The van der Waals surface area contributed by atoms with Gasteiger partial charge in [0.15, 0.2) is 0 Å². The SMILES string of the molecule is O=[C][C@H]1CC=CC[C@@H]1[C]=O. The highest BCUT2D eigenvalue weighted by atomic mass is 16.1. The normalized spacial score (nSPS) is 31.6. The zero-order valence-corrected chi connectivity index (χ0v) is 5.54. The van der Waals surface area contributed by atoms with Crippen LogP contribution in [0.2, 0.25) is 0 Å². The van der Waals surface area contributed by atoms with Crippen LogP contribution in [0, 0.1) is 11.8 Å². The van der Waals surface area contributed by atoms with Crippen molar-refractivity contribution in [3.8, 4) is 0 Å². The minimum atomic E-state index is -0.248. The number of allylic oxidation sites excluding steroid dienone is 2. The molecule has 52 valence electrons. The van der Waals surface area contributed by atoms with Gasteiger partial charge in [0.2, 0.25) is 12.6 Å². The largest absolute Gasteiger partial charge is 0.291 e. The Morgan fingerprint density at radius 1 is 1.00 bits per heavy atom. The molecule has 0 spiro atoms. The lowest BCUT2D eigenvalue weighted by molar-refractivity contribution is 0.437. The van der Waals surface area contributed by atoms with Crippen LogP contribution < -0.4 is 0 Å². The topological polar surface area (TPSA) is 34.1 Å². The van der Waals surface area contributed by atoms with E-state index in [-0.39, 0.29) is 11.8 Å². The van der Waals surface area contributed by atoms with Crippen LogP contribution in [-0.2, 0) is 9.59 Å². The second-order valence-corrected chi connectivity index (χ2v) is 2.39. The van der Waals surface area contributed by atoms with E-state index in [1.807, 2.05) is 24.7 Å². The summed E-state index contributed by atoms with van der Waals surface area (Å²) >= 11 is 0. The Morgan fingerprint density at radius 2 is 1.40 bits per heavy atom. The molecule has 0 aromatic carbocycles. The smallest absolute Gasteiger partial charge is 0.202 e. The summed E-state index contributed by atoms with van der Waals surface area (Å²) in [6, 6.07) is 0. The number of rotatable bonds is 2. The molecule has 0 heterocycles. The van der Waals surface area contributed by atoms with E-state index in [0.29, 0.717) is 12.8 Å². The summed E-state index contributed by atoms with van der Waals surface area (Å²) in [4.78, 5) is 20.4. The van der Waals surface area contributed by atoms with Crippen LogP contribution in [0.3, 0.4) is 0 Å². The van der Waals surface area contributed by atoms with Crippen LogP contribution in [0.25, 0.3) is 0 Å². The Bertz CT molecular complexity index is 143. The van der Waals surface area contributed by atoms with Gasteiger partial charge >= 0.3 is 0 Å². The molecule has 0 N–H and O–H groups in total. The molecule has 0 fully saturated rings. The third-order valence-corrected chi connectivity index (χ3v) is 1.74. The molecule has 0 aromatic rings. The molecular weight excluding hydrogens is 128 g/mol. The molecule has 0 saturated heterocycles. The fourth-order valence-electron chi connectivity index (χ4n) is 1.07. The van der Waals surface area contributed by atoms with Crippen molar-refractivity contribution in [2.24, 2.45) is 11.8 Å². The van der Waals surface area contributed by atoms with E-state index < -0.39 is 0 Å². The fraction of sp³-hybridized carbons (Fsp3) is 0.500. The molecule has 2 heteroatoms. The average Bonchev–Trinajstić information content (AvgIpc) is 2.04. The molecule has 1 aliphatic rings. The summed E-state index contributed by atoms with van der Waals surface area (Å²) in [6.07, 6.45) is 8.78. The van der Waals surface area contributed by atoms with E-state index in [9.17, 15) is 9.59 Å². The van der Waals surface area contributed by atoms with E-state index >= 15 is 0 Å². The van der Waals surface area contributed by atoms with Crippen molar-refractivity contribution in [2.45, 2.75) is 12.8 Å². The van der Waals surface area contributed by atoms with E-state index in [4.69, 9.17) is 0 Å². The summed E-state index contributed by atoms with van der Waals surface area (Å²) in [6.45, 7) is 0. The molecule has 0 aliphatic heterocycles. The Kier molecular flexibility index (Phi) is 2.37. The summed E-state index contributed by atoms with van der Waals surface area (Å²) in [5.74, 6) is -0.495. The molecule has 0 bridgehead atoms. The van der Waals surface area contributed by atoms with Gasteiger partial charge in [-0.3, -0.25) is 9.59 Å². The Morgan fingerprint density at radius 3 is 1.70 bits per heavy atom. The molecule has 1 aliphatic carbocycles. The van der Waals surface area contributed by atoms with Crippen molar-refractivity contribution >= 4 is 12.6 Å².